The number of fused-ring (bicyclic) bond motifs is 5. The van der Waals surface area contributed by atoms with E-state index in [0.717, 1.165) is 23.3 Å². The molecule has 0 saturated heterocycles. The Labute approximate surface area is 167 Å². The molecule has 0 unspecified atom stereocenters. The molecule has 0 aliphatic heterocycles. The maximum atomic E-state index is 10.6. The molecule has 1 N–H and O–H groups in total. The largest absolute Gasteiger partial charge is 0.487 e. The molecule has 146 valence electrons. The van der Waals surface area contributed by atoms with Crippen molar-refractivity contribution in [1.82, 2.24) is 0 Å². The van der Waals surface area contributed by atoms with Gasteiger partial charge < -0.3 is 9.84 Å². The van der Waals surface area contributed by atoms with Crippen LogP contribution in [0.15, 0.2) is 29.9 Å². The molecule has 2 fully saturated rings. The molecule has 5 rings (SSSR count). The van der Waals surface area contributed by atoms with Crippen LogP contribution in [0.25, 0.3) is 5.57 Å². The first kappa shape index (κ1) is 18.0. The second kappa shape index (κ2) is 6.22. The molecule has 27 heavy (non-hydrogen) atoms. The van der Waals surface area contributed by atoms with Gasteiger partial charge >= 0.3 is 0 Å². The first-order valence-electron chi connectivity index (χ1n) is 10.7. The highest BCUT2D eigenvalue weighted by Crippen LogP contribution is 2.64. The van der Waals surface area contributed by atoms with Gasteiger partial charge in [0.1, 0.15) is 0 Å². The van der Waals surface area contributed by atoms with E-state index in [9.17, 15) is 5.11 Å². The average molecular weight is 385 g/mol. The van der Waals surface area contributed by atoms with Crippen LogP contribution in [-0.2, 0) is 0 Å². The van der Waals surface area contributed by atoms with Crippen LogP contribution in [0.3, 0.4) is 0 Å². The van der Waals surface area contributed by atoms with Crippen LogP contribution in [0.4, 0.5) is 0 Å². The molecule has 6 atom stereocenters. The fourth-order valence-corrected chi connectivity index (χ4v) is 7.96. The van der Waals surface area contributed by atoms with Gasteiger partial charge in [-0.15, -0.1) is 0 Å². The lowest BCUT2D eigenvalue weighted by atomic mass is 9.48. The highest BCUT2D eigenvalue weighted by molar-refractivity contribution is 7.14. The van der Waals surface area contributed by atoms with E-state index in [0.29, 0.717) is 11.3 Å². The van der Waals surface area contributed by atoms with Crippen molar-refractivity contribution in [3.8, 4) is 5.06 Å². The summed E-state index contributed by atoms with van der Waals surface area (Å²) in [5.41, 5.74) is 3.57. The van der Waals surface area contributed by atoms with Crippen LogP contribution in [0.5, 0.6) is 5.06 Å². The standard InChI is InChI=1S/C24H32O2S/c1-23-12-10-15(20-7-9-22(26-3)27-20)14-16(23)4-5-17-18-6-8-21(25)24(18,2)13-11-19(17)23/h4,7,9,14,17-19,21,25H,5-6,8,10-13H2,1-3H3/t17-,18-,19-,21+,23-,24-/m0/s1. The van der Waals surface area contributed by atoms with E-state index >= 15 is 0 Å². The molecule has 4 aliphatic carbocycles. The van der Waals surface area contributed by atoms with Gasteiger partial charge in [0.25, 0.3) is 0 Å². The van der Waals surface area contributed by atoms with Gasteiger partial charge in [-0.3, -0.25) is 0 Å². The van der Waals surface area contributed by atoms with Crippen molar-refractivity contribution < 1.29 is 9.84 Å². The van der Waals surface area contributed by atoms with Crippen molar-refractivity contribution in [2.75, 3.05) is 7.11 Å². The molecule has 2 saturated carbocycles. The van der Waals surface area contributed by atoms with Crippen LogP contribution in [0.2, 0.25) is 0 Å². The summed E-state index contributed by atoms with van der Waals surface area (Å²) < 4.78 is 5.40. The fourth-order valence-electron chi connectivity index (χ4n) is 7.09. The Kier molecular flexibility index (Phi) is 4.15. The minimum atomic E-state index is -0.0757. The summed E-state index contributed by atoms with van der Waals surface area (Å²) in [4.78, 5) is 1.37. The van der Waals surface area contributed by atoms with Crippen LogP contribution >= 0.6 is 11.3 Å². The van der Waals surface area contributed by atoms with Gasteiger partial charge in [0.15, 0.2) is 5.06 Å². The number of methoxy groups -OCH3 is 1. The summed E-state index contributed by atoms with van der Waals surface area (Å²) in [7, 11) is 1.75. The second-order valence-corrected chi connectivity index (χ2v) is 10.9. The van der Waals surface area contributed by atoms with E-state index in [1.807, 2.05) is 0 Å². The number of ether oxygens (including phenoxy) is 1. The quantitative estimate of drug-likeness (QED) is 0.670. The Bertz CT molecular complexity index is 805. The second-order valence-electron chi connectivity index (χ2n) is 9.82. The Morgan fingerprint density at radius 1 is 1.11 bits per heavy atom. The highest BCUT2D eigenvalue weighted by Gasteiger charge is 2.57. The van der Waals surface area contributed by atoms with E-state index in [1.165, 1.54) is 49.0 Å². The first-order valence-corrected chi connectivity index (χ1v) is 11.5. The van der Waals surface area contributed by atoms with Crippen molar-refractivity contribution in [2.24, 2.45) is 28.6 Å². The van der Waals surface area contributed by atoms with Crippen molar-refractivity contribution in [3.05, 3.63) is 34.7 Å². The fraction of sp³-hybridized carbons (Fsp3) is 0.667. The Morgan fingerprint density at radius 2 is 1.96 bits per heavy atom. The van der Waals surface area contributed by atoms with Crippen molar-refractivity contribution in [1.29, 1.82) is 0 Å². The third kappa shape index (κ3) is 2.54. The van der Waals surface area contributed by atoms with Crippen LogP contribution < -0.4 is 4.74 Å². The molecule has 3 heteroatoms. The minimum absolute atomic E-state index is 0.0757. The van der Waals surface area contributed by atoms with E-state index in [1.54, 1.807) is 24.0 Å². The molecule has 1 heterocycles. The van der Waals surface area contributed by atoms with Gasteiger partial charge in [-0.05, 0) is 96.8 Å². The number of aliphatic hydroxyl groups excluding tert-OH is 1. The molecular formula is C24H32O2S. The predicted octanol–water partition coefficient (Wildman–Crippen LogP) is 6.07. The van der Waals surface area contributed by atoms with Gasteiger partial charge in [-0.2, -0.15) is 0 Å². The summed E-state index contributed by atoms with van der Waals surface area (Å²) in [5, 5.41) is 11.6. The molecule has 4 aliphatic rings. The molecule has 0 amide bonds. The van der Waals surface area contributed by atoms with E-state index < -0.39 is 0 Å². The molecule has 0 radical (unpaired) electrons. The zero-order valence-electron chi connectivity index (χ0n) is 16.8. The third-order valence-electron chi connectivity index (χ3n) is 8.82. The average Bonchev–Trinajstić information content (AvgIpc) is 3.26. The number of allylic oxidation sites excluding steroid dienone is 4. The summed E-state index contributed by atoms with van der Waals surface area (Å²) in [6.07, 6.45) is 13.4. The molecule has 2 nitrogen and oxygen atoms in total. The smallest absolute Gasteiger partial charge is 0.173 e. The number of thiophene rings is 1. The zero-order valence-corrected chi connectivity index (χ0v) is 17.6. The summed E-state index contributed by atoms with van der Waals surface area (Å²) in [6, 6.07) is 4.31. The monoisotopic (exact) mass is 384 g/mol. The SMILES string of the molecule is COc1ccc(C2=CC3=CC[C@H]4[C@@H]5CC[C@@H](O)[C@@]5(C)CC[C@@H]4[C@@]3(C)CC2)s1. The predicted molar refractivity (Wildman–Crippen MR) is 112 cm³/mol. The Balaban J connectivity index is 1.47. The van der Waals surface area contributed by atoms with E-state index in [4.69, 9.17) is 4.74 Å². The number of rotatable bonds is 2. The topological polar surface area (TPSA) is 29.5 Å². The molecule has 0 aromatic carbocycles. The molecule has 0 bridgehead atoms. The maximum Gasteiger partial charge on any atom is 0.173 e. The summed E-state index contributed by atoms with van der Waals surface area (Å²) in [5.74, 6) is 2.27. The van der Waals surface area contributed by atoms with Crippen LogP contribution in [0, 0.1) is 28.6 Å². The summed E-state index contributed by atoms with van der Waals surface area (Å²) >= 11 is 1.77. The maximum absolute atomic E-state index is 10.6. The summed E-state index contributed by atoms with van der Waals surface area (Å²) in [6.45, 7) is 4.90. The highest BCUT2D eigenvalue weighted by atomic mass is 32.1. The van der Waals surface area contributed by atoms with Gasteiger partial charge in [0.2, 0.25) is 0 Å². The van der Waals surface area contributed by atoms with Crippen molar-refractivity contribution in [2.45, 2.75) is 64.9 Å². The van der Waals surface area contributed by atoms with Crippen LogP contribution in [-0.4, -0.2) is 18.3 Å². The minimum Gasteiger partial charge on any atom is -0.487 e. The lowest BCUT2D eigenvalue weighted by molar-refractivity contribution is -0.0622. The molecule has 1 aromatic rings. The van der Waals surface area contributed by atoms with E-state index in [2.05, 4.69) is 38.1 Å². The van der Waals surface area contributed by atoms with Gasteiger partial charge in [-0.25, -0.2) is 0 Å². The Morgan fingerprint density at radius 3 is 2.74 bits per heavy atom. The zero-order chi connectivity index (χ0) is 18.8. The first-order chi connectivity index (χ1) is 13.0. The van der Waals surface area contributed by atoms with Crippen LogP contribution in [0.1, 0.15) is 63.7 Å². The molecular weight excluding hydrogens is 352 g/mol. The van der Waals surface area contributed by atoms with Crippen molar-refractivity contribution in [3.63, 3.8) is 0 Å². The molecule has 0 spiro atoms. The lowest BCUT2D eigenvalue weighted by Gasteiger charge is -2.56. The Hall–Kier alpha value is -1.06. The number of hydrogen-bond donors (Lipinski definition) is 1. The third-order valence-corrected chi connectivity index (χ3v) is 9.94. The number of aliphatic hydroxyl groups is 1. The van der Waals surface area contributed by atoms with Gasteiger partial charge in [-0.1, -0.05) is 37.3 Å². The normalized spacial score (nSPS) is 43.3. The number of hydrogen-bond acceptors (Lipinski definition) is 3. The van der Waals surface area contributed by atoms with Gasteiger partial charge in [0, 0.05) is 4.88 Å². The van der Waals surface area contributed by atoms with Crippen molar-refractivity contribution >= 4 is 16.9 Å². The van der Waals surface area contributed by atoms with Gasteiger partial charge in [0.05, 0.1) is 13.2 Å². The van der Waals surface area contributed by atoms with E-state index in [-0.39, 0.29) is 11.5 Å². The lowest BCUT2D eigenvalue weighted by Crippen LogP contribution is -2.50. The molecule has 1 aromatic heterocycles.